The Hall–Kier alpha value is -0.570. The molecule has 3 heteroatoms. The molecule has 1 N–H and O–H groups in total. The van der Waals surface area contributed by atoms with Gasteiger partial charge in [0.05, 0.1) is 6.10 Å². The molecule has 2 fully saturated rings. The maximum atomic E-state index is 12.7. The lowest BCUT2D eigenvalue weighted by Gasteiger charge is -2.42. The van der Waals surface area contributed by atoms with Gasteiger partial charge in [-0.3, -0.25) is 4.79 Å². The average molecular weight is 281 g/mol. The monoisotopic (exact) mass is 281 g/mol. The number of carbonyl (C=O) groups excluding carboxylic acids is 1. The Labute approximate surface area is 123 Å². The lowest BCUT2D eigenvalue weighted by atomic mass is 9.88. The standard InChI is InChI=1S/C17H31NO2/c1-14(19)12-13-17(20)18(15-8-4-2-5-9-15)16-10-6-3-7-11-16/h14-16,19H,2-13H2,1H3. The Bertz CT molecular complexity index is 273. The summed E-state index contributed by atoms with van der Waals surface area (Å²) in [6, 6.07) is 0.960. The molecule has 1 unspecified atom stereocenters. The van der Waals surface area contributed by atoms with Crippen LogP contribution in [0.25, 0.3) is 0 Å². The molecule has 0 aromatic heterocycles. The quantitative estimate of drug-likeness (QED) is 0.835. The van der Waals surface area contributed by atoms with Crippen LogP contribution in [0, 0.1) is 0 Å². The first-order valence-electron chi connectivity index (χ1n) is 8.67. The average Bonchev–Trinajstić information content (AvgIpc) is 2.48. The van der Waals surface area contributed by atoms with Crippen molar-refractivity contribution in [3.63, 3.8) is 0 Å². The molecular formula is C17H31NO2. The van der Waals surface area contributed by atoms with Gasteiger partial charge in [-0.2, -0.15) is 0 Å². The highest BCUT2D eigenvalue weighted by atomic mass is 16.3. The van der Waals surface area contributed by atoms with Crippen molar-refractivity contribution in [3.05, 3.63) is 0 Å². The van der Waals surface area contributed by atoms with Gasteiger partial charge < -0.3 is 10.0 Å². The summed E-state index contributed by atoms with van der Waals surface area (Å²) in [6.07, 6.45) is 13.3. The summed E-state index contributed by atoms with van der Waals surface area (Å²) in [6.45, 7) is 1.78. The number of carbonyl (C=O) groups is 1. The van der Waals surface area contributed by atoms with Gasteiger partial charge in [0.15, 0.2) is 0 Å². The molecule has 0 radical (unpaired) electrons. The molecule has 2 aliphatic rings. The molecule has 20 heavy (non-hydrogen) atoms. The van der Waals surface area contributed by atoms with E-state index in [1.165, 1.54) is 64.2 Å². The van der Waals surface area contributed by atoms with Crippen molar-refractivity contribution in [1.82, 2.24) is 4.90 Å². The molecule has 2 rings (SSSR count). The summed E-state index contributed by atoms with van der Waals surface area (Å²) in [4.78, 5) is 14.9. The van der Waals surface area contributed by atoms with E-state index >= 15 is 0 Å². The third-order valence-electron chi connectivity index (χ3n) is 5.00. The Morgan fingerprint density at radius 2 is 1.45 bits per heavy atom. The Kier molecular flexibility index (Phi) is 6.34. The summed E-state index contributed by atoms with van der Waals surface area (Å²) >= 11 is 0. The minimum Gasteiger partial charge on any atom is -0.393 e. The van der Waals surface area contributed by atoms with E-state index in [0.29, 0.717) is 30.8 Å². The number of aliphatic hydroxyl groups excluding tert-OH is 1. The van der Waals surface area contributed by atoms with E-state index in [2.05, 4.69) is 4.90 Å². The number of aliphatic hydroxyl groups is 1. The molecule has 0 aliphatic heterocycles. The van der Waals surface area contributed by atoms with Gasteiger partial charge in [0, 0.05) is 18.5 Å². The highest BCUT2D eigenvalue weighted by molar-refractivity contribution is 5.77. The molecule has 2 saturated carbocycles. The van der Waals surface area contributed by atoms with E-state index in [9.17, 15) is 9.90 Å². The van der Waals surface area contributed by atoms with Crippen molar-refractivity contribution in [1.29, 1.82) is 0 Å². The fraction of sp³-hybridized carbons (Fsp3) is 0.941. The summed E-state index contributed by atoms with van der Waals surface area (Å²) in [5.74, 6) is 0.296. The predicted molar refractivity (Wildman–Crippen MR) is 81.5 cm³/mol. The van der Waals surface area contributed by atoms with Gasteiger partial charge in [-0.1, -0.05) is 38.5 Å². The predicted octanol–water partition coefficient (Wildman–Crippen LogP) is 3.64. The number of hydrogen-bond acceptors (Lipinski definition) is 2. The molecule has 0 aromatic rings. The van der Waals surface area contributed by atoms with Gasteiger partial charge in [-0.05, 0) is 39.0 Å². The highest BCUT2D eigenvalue weighted by Crippen LogP contribution is 2.30. The highest BCUT2D eigenvalue weighted by Gasteiger charge is 2.31. The number of hydrogen-bond donors (Lipinski definition) is 1. The maximum absolute atomic E-state index is 12.7. The normalized spacial score (nSPS) is 23.5. The molecule has 0 bridgehead atoms. The first kappa shape index (κ1) is 15.8. The van der Waals surface area contributed by atoms with E-state index in [0.717, 1.165) is 0 Å². The first-order valence-corrected chi connectivity index (χ1v) is 8.67. The third-order valence-corrected chi connectivity index (χ3v) is 5.00. The van der Waals surface area contributed by atoms with Gasteiger partial charge in [0.25, 0.3) is 0 Å². The zero-order valence-electron chi connectivity index (χ0n) is 13.0. The van der Waals surface area contributed by atoms with Crippen LogP contribution < -0.4 is 0 Å². The van der Waals surface area contributed by atoms with Crippen LogP contribution in [-0.2, 0) is 4.79 Å². The number of amides is 1. The van der Waals surface area contributed by atoms with Crippen molar-refractivity contribution >= 4 is 5.91 Å². The number of rotatable bonds is 5. The van der Waals surface area contributed by atoms with Crippen molar-refractivity contribution < 1.29 is 9.90 Å². The van der Waals surface area contributed by atoms with Crippen LogP contribution in [0.1, 0.15) is 84.0 Å². The van der Waals surface area contributed by atoms with Gasteiger partial charge in [-0.15, -0.1) is 0 Å². The lowest BCUT2D eigenvalue weighted by Crippen LogP contribution is -2.48. The second kappa shape index (κ2) is 8.02. The van der Waals surface area contributed by atoms with Crippen LogP contribution in [0.2, 0.25) is 0 Å². The van der Waals surface area contributed by atoms with E-state index in [1.54, 1.807) is 6.92 Å². The van der Waals surface area contributed by atoms with Gasteiger partial charge in [0.2, 0.25) is 5.91 Å². The second-order valence-electron chi connectivity index (χ2n) is 6.77. The minimum atomic E-state index is -0.362. The van der Waals surface area contributed by atoms with E-state index < -0.39 is 0 Å². The van der Waals surface area contributed by atoms with Crippen LogP contribution in [0.3, 0.4) is 0 Å². The molecule has 1 atom stereocenters. The van der Waals surface area contributed by atoms with E-state index in [1.807, 2.05) is 0 Å². The van der Waals surface area contributed by atoms with E-state index in [4.69, 9.17) is 0 Å². The third kappa shape index (κ3) is 4.47. The smallest absolute Gasteiger partial charge is 0.223 e. The SMILES string of the molecule is CC(O)CCC(=O)N(C1CCCCC1)C1CCCCC1. The van der Waals surface area contributed by atoms with Crippen molar-refractivity contribution in [2.45, 2.75) is 102 Å². The minimum absolute atomic E-state index is 0.296. The van der Waals surface area contributed by atoms with Crippen LogP contribution in [0.15, 0.2) is 0 Å². The fourth-order valence-corrected chi connectivity index (χ4v) is 3.89. The fourth-order valence-electron chi connectivity index (χ4n) is 3.89. The van der Waals surface area contributed by atoms with Crippen LogP contribution in [0.5, 0.6) is 0 Å². The lowest BCUT2D eigenvalue weighted by molar-refractivity contribution is -0.138. The first-order chi connectivity index (χ1) is 9.68. The van der Waals surface area contributed by atoms with Crippen molar-refractivity contribution in [2.24, 2.45) is 0 Å². The Morgan fingerprint density at radius 1 is 1.00 bits per heavy atom. The van der Waals surface area contributed by atoms with E-state index in [-0.39, 0.29) is 6.10 Å². The summed E-state index contributed by atoms with van der Waals surface area (Å²) < 4.78 is 0. The van der Waals surface area contributed by atoms with Gasteiger partial charge in [-0.25, -0.2) is 0 Å². The summed E-state index contributed by atoms with van der Waals surface area (Å²) in [5.41, 5.74) is 0. The van der Waals surface area contributed by atoms with Crippen molar-refractivity contribution in [2.75, 3.05) is 0 Å². The zero-order chi connectivity index (χ0) is 14.4. The molecule has 116 valence electrons. The van der Waals surface area contributed by atoms with Gasteiger partial charge >= 0.3 is 0 Å². The summed E-state index contributed by atoms with van der Waals surface area (Å²) in [7, 11) is 0. The topological polar surface area (TPSA) is 40.5 Å². The molecular weight excluding hydrogens is 250 g/mol. The van der Waals surface area contributed by atoms with Crippen LogP contribution in [0.4, 0.5) is 0 Å². The molecule has 1 amide bonds. The molecule has 3 nitrogen and oxygen atoms in total. The Morgan fingerprint density at radius 3 is 1.85 bits per heavy atom. The van der Waals surface area contributed by atoms with Crippen molar-refractivity contribution in [3.8, 4) is 0 Å². The maximum Gasteiger partial charge on any atom is 0.223 e. The summed E-state index contributed by atoms with van der Waals surface area (Å²) in [5, 5.41) is 9.43. The molecule has 0 aromatic carbocycles. The molecule has 0 saturated heterocycles. The van der Waals surface area contributed by atoms with Gasteiger partial charge in [0.1, 0.15) is 0 Å². The Balaban J connectivity index is 1.99. The molecule has 0 spiro atoms. The van der Waals surface area contributed by atoms with Crippen LogP contribution in [-0.4, -0.2) is 34.1 Å². The molecule has 0 heterocycles. The molecule has 2 aliphatic carbocycles. The largest absolute Gasteiger partial charge is 0.393 e. The zero-order valence-corrected chi connectivity index (χ0v) is 13.0. The van der Waals surface area contributed by atoms with Crippen LogP contribution >= 0.6 is 0 Å². The second-order valence-corrected chi connectivity index (χ2v) is 6.77. The number of nitrogens with zero attached hydrogens (tertiary/aromatic N) is 1.